The summed E-state index contributed by atoms with van der Waals surface area (Å²) in [4.78, 5) is 15.5. The van der Waals surface area contributed by atoms with Gasteiger partial charge in [-0.25, -0.2) is 9.97 Å². The molecule has 2 aromatic rings. The maximum absolute atomic E-state index is 5.95. The summed E-state index contributed by atoms with van der Waals surface area (Å²) in [7, 11) is 2.00. The molecule has 0 aromatic carbocycles. The number of rotatable bonds is 6. The maximum atomic E-state index is 5.95. The lowest BCUT2D eigenvalue weighted by atomic mass is 10.0. The molecule has 7 heteroatoms. The van der Waals surface area contributed by atoms with E-state index in [4.69, 9.17) is 10.5 Å². The lowest BCUT2D eigenvalue weighted by Crippen LogP contribution is -2.27. The van der Waals surface area contributed by atoms with E-state index in [2.05, 4.69) is 26.8 Å². The third-order valence-corrected chi connectivity index (χ3v) is 4.17. The van der Waals surface area contributed by atoms with E-state index in [-0.39, 0.29) is 0 Å². The van der Waals surface area contributed by atoms with E-state index >= 15 is 0 Å². The summed E-state index contributed by atoms with van der Waals surface area (Å²) in [5.74, 6) is 2.51. The Labute approximate surface area is 136 Å². The molecule has 0 spiro atoms. The van der Waals surface area contributed by atoms with Crippen LogP contribution in [0.5, 0.6) is 0 Å². The van der Waals surface area contributed by atoms with Gasteiger partial charge in [-0.05, 0) is 12.8 Å². The van der Waals surface area contributed by atoms with Gasteiger partial charge >= 0.3 is 0 Å². The molecule has 2 N–H and O–H groups in total. The van der Waals surface area contributed by atoms with Gasteiger partial charge in [0.1, 0.15) is 11.6 Å². The highest BCUT2D eigenvalue weighted by Crippen LogP contribution is 2.27. The molecule has 124 valence electrons. The van der Waals surface area contributed by atoms with Gasteiger partial charge in [0.2, 0.25) is 5.95 Å². The molecular weight excluding hydrogens is 292 g/mol. The lowest BCUT2D eigenvalue weighted by molar-refractivity contribution is 0.193. The van der Waals surface area contributed by atoms with Crippen LogP contribution in [-0.4, -0.2) is 39.3 Å². The number of nitrogen functional groups attached to an aromatic ring is 1. The highest BCUT2D eigenvalue weighted by atomic mass is 16.5. The Kier molecular flexibility index (Phi) is 4.76. The average Bonchev–Trinajstić information content (AvgIpc) is 3.18. The molecule has 7 nitrogen and oxygen atoms in total. The molecule has 1 saturated heterocycles. The second-order valence-corrected chi connectivity index (χ2v) is 5.95. The smallest absolute Gasteiger partial charge is 0.222 e. The van der Waals surface area contributed by atoms with Crippen molar-refractivity contribution < 1.29 is 4.74 Å². The lowest BCUT2D eigenvalue weighted by Gasteiger charge is -2.24. The molecule has 0 bridgehead atoms. The number of nitrogens with two attached hydrogens (primary N) is 1. The van der Waals surface area contributed by atoms with E-state index in [9.17, 15) is 0 Å². The topological polar surface area (TPSA) is 82.1 Å². The van der Waals surface area contributed by atoms with Crippen molar-refractivity contribution in [2.24, 2.45) is 7.05 Å². The normalized spacial score (nSPS) is 17.6. The van der Waals surface area contributed by atoms with Crippen LogP contribution >= 0.6 is 0 Å². The first-order valence-electron chi connectivity index (χ1n) is 8.10. The van der Waals surface area contributed by atoms with E-state index in [0.29, 0.717) is 25.0 Å². The van der Waals surface area contributed by atoms with Crippen molar-refractivity contribution in [3.63, 3.8) is 0 Å². The molecule has 1 fully saturated rings. The largest absolute Gasteiger partial charge is 0.381 e. The van der Waals surface area contributed by atoms with Crippen molar-refractivity contribution in [2.45, 2.75) is 32.2 Å². The van der Waals surface area contributed by atoms with Crippen molar-refractivity contribution in [1.82, 2.24) is 19.5 Å². The van der Waals surface area contributed by atoms with Gasteiger partial charge in [-0.1, -0.05) is 6.92 Å². The first-order chi connectivity index (χ1) is 11.2. The molecule has 1 aliphatic rings. The Balaban J connectivity index is 1.87. The quantitative estimate of drug-likeness (QED) is 0.873. The molecule has 0 saturated carbocycles. The predicted octanol–water partition coefficient (Wildman–Crippen LogP) is 1.71. The molecule has 0 aliphatic carbocycles. The molecular formula is C16H24N6O. The summed E-state index contributed by atoms with van der Waals surface area (Å²) in [5.41, 5.74) is 6.93. The number of imidazole rings is 1. The summed E-state index contributed by atoms with van der Waals surface area (Å²) < 4.78 is 7.50. The van der Waals surface area contributed by atoms with E-state index in [0.717, 1.165) is 43.3 Å². The van der Waals surface area contributed by atoms with Gasteiger partial charge in [-0.2, -0.15) is 4.98 Å². The Morgan fingerprint density at radius 3 is 2.96 bits per heavy atom. The number of aromatic nitrogens is 4. The molecule has 1 atom stereocenters. The van der Waals surface area contributed by atoms with E-state index < -0.39 is 0 Å². The van der Waals surface area contributed by atoms with E-state index in [1.165, 1.54) is 0 Å². The Morgan fingerprint density at radius 2 is 2.30 bits per heavy atom. The summed E-state index contributed by atoms with van der Waals surface area (Å²) in [5, 5.41) is 0. The van der Waals surface area contributed by atoms with Crippen LogP contribution in [0.3, 0.4) is 0 Å². The Hall–Kier alpha value is -2.15. The minimum Gasteiger partial charge on any atom is -0.381 e. The zero-order valence-electron chi connectivity index (χ0n) is 13.8. The fourth-order valence-electron chi connectivity index (χ4n) is 2.87. The zero-order valence-corrected chi connectivity index (χ0v) is 13.8. The van der Waals surface area contributed by atoms with Gasteiger partial charge in [0.05, 0.1) is 18.8 Å². The van der Waals surface area contributed by atoms with Crippen molar-refractivity contribution in [1.29, 1.82) is 0 Å². The second-order valence-electron chi connectivity index (χ2n) is 5.95. The summed E-state index contributed by atoms with van der Waals surface area (Å²) >= 11 is 0. The van der Waals surface area contributed by atoms with E-state index in [1.807, 2.05) is 30.1 Å². The Morgan fingerprint density at radius 1 is 1.43 bits per heavy atom. The number of ether oxygens (including phenoxy) is 1. The molecule has 3 rings (SSSR count). The van der Waals surface area contributed by atoms with Crippen LogP contribution in [0.1, 0.15) is 37.2 Å². The predicted molar refractivity (Wildman–Crippen MR) is 89.2 cm³/mol. The van der Waals surface area contributed by atoms with Gasteiger partial charge in [0.15, 0.2) is 0 Å². The second kappa shape index (κ2) is 6.95. The van der Waals surface area contributed by atoms with Crippen molar-refractivity contribution in [3.8, 4) is 0 Å². The summed E-state index contributed by atoms with van der Waals surface area (Å²) in [6, 6.07) is 2.05. The monoisotopic (exact) mass is 316 g/mol. The van der Waals surface area contributed by atoms with Crippen molar-refractivity contribution in [3.05, 3.63) is 30.0 Å². The molecule has 2 aromatic heterocycles. The fourth-order valence-corrected chi connectivity index (χ4v) is 2.87. The minimum absolute atomic E-state index is 0.315. The summed E-state index contributed by atoms with van der Waals surface area (Å²) in [6.45, 7) is 5.25. The zero-order chi connectivity index (χ0) is 16.2. The van der Waals surface area contributed by atoms with Crippen LogP contribution in [0.2, 0.25) is 0 Å². The van der Waals surface area contributed by atoms with Crippen LogP contribution in [0.25, 0.3) is 0 Å². The third kappa shape index (κ3) is 3.61. The molecule has 0 radical (unpaired) electrons. The number of hydrogen-bond acceptors (Lipinski definition) is 6. The van der Waals surface area contributed by atoms with Crippen LogP contribution in [0.4, 0.5) is 11.8 Å². The highest BCUT2D eigenvalue weighted by Gasteiger charge is 2.22. The fraction of sp³-hybridized carbons (Fsp3) is 0.562. The molecule has 1 aliphatic heterocycles. The molecule has 3 heterocycles. The molecule has 0 amide bonds. The van der Waals surface area contributed by atoms with E-state index in [1.54, 1.807) is 0 Å². The maximum Gasteiger partial charge on any atom is 0.222 e. The first kappa shape index (κ1) is 15.7. The SMILES string of the molecule is CCCN(Cc1nccn1C)c1cc([C@@H]2CCOC2)nc(N)n1. The van der Waals surface area contributed by atoms with Gasteiger partial charge in [0.25, 0.3) is 0 Å². The number of hydrogen-bond donors (Lipinski definition) is 1. The third-order valence-electron chi connectivity index (χ3n) is 4.17. The number of aryl methyl sites for hydroxylation is 1. The van der Waals surface area contributed by atoms with Gasteiger partial charge in [-0.3, -0.25) is 0 Å². The Bertz CT molecular complexity index is 650. The van der Waals surface area contributed by atoms with Crippen molar-refractivity contribution in [2.75, 3.05) is 30.4 Å². The van der Waals surface area contributed by atoms with Crippen LogP contribution in [0, 0.1) is 0 Å². The van der Waals surface area contributed by atoms with Crippen molar-refractivity contribution >= 4 is 11.8 Å². The highest BCUT2D eigenvalue weighted by molar-refractivity contribution is 5.44. The van der Waals surface area contributed by atoms with Crippen LogP contribution in [-0.2, 0) is 18.3 Å². The molecule has 23 heavy (non-hydrogen) atoms. The first-order valence-corrected chi connectivity index (χ1v) is 8.10. The molecule has 0 unspecified atom stereocenters. The number of anilines is 2. The average molecular weight is 316 g/mol. The van der Waals surface area contributed by atoms with Gasteiger partial charge in [0, 0.05) is 44.6 Å². The number of nitrogens with zero attached hydrogens (tertiary/aromatic N) is 5. The minimum atomic E-state index is 0.315. The summed E-state index contributed by atoms with van der Waals surface area (Å²) in [6.07, 6.45) is 5.78. The van der Waals surface area contributed by atoms with Gasteiger partial charge in [-0.15, -0.1) is 0 Å². The standard InChI is InChI=1S/C16H24N6O/c1-3-6-22(10-15-18-5-7-21(15)2)14-9-13(19-16(17)20-14)12-4-8-23-11-12/h5,7,9,12H,3-4,6,8,10-11H2,1-2H3,(H2,17,19,20)/t12-/m1/s1. The van der Waals surface area contributed by atoms with Crippen LogP contribution < -0.4 is 10.6 Å². The van der Waals surface area contributed by atoms with Crippen LogP contribution in [0.15, 0.2) is 18.5 Å². The van der Waals surface area contributed by atoms with Gasteiger partial charge < -0.3 is 19.9 Å².